The highest BCUT2D eigenvalue weighted by atomic mass is 35.5. The number of halogens is 1. The quantitative estimate of drug-likeness (QED) is 0.251. The Bertz CT molecular complexity index is 1360. The summed E-state index contributed by atoms with van der Waals surface area (Å²) in [6.45, 7) is 0.236. The molecule has 0 aliphatic rings. The van der Waals surface area contributed by atoms with Crippen LogP contribution in [0.1, 0.15) is 16.1 Å². The summed E-state index contributed by atoms with van der Waals surface area (Å²) in [4.78, 5) is 26.1. The van der Waals surface area contributed by atoms with Crippen LogP contribution in [0.4, 0.5) is 11.4 Å². The van der Waals surface area contributed by atoms with E-state index in [4.69, 9.17) is 25.8 Å². The number of aromatic amines is 1. The average molecular weight is 482 g/mol. The number of rotatable bonds is 8. The number of nitro benzene ring substituents is 1. The van der Waals surface area contributed by atoms with Gasteiger partial charge in [0, 0.05) is 34.8 Å². The van der Waals surface area contributed by atoms with Crippen LogP contribution >= 0.6 is 11.6 Å². The van der Waals surface area contributed by atoms with Gasteiger partial charge in [0.2, 0.25) is 0 Å². The van der Waals surface area contributed by atoms with Gasteiger partial charge in [-0.2, -0.15) is 0 Å². The van der Waals surface area contributed by atoms with E-state index in [-0.39, 0.29) is 18.0 Å². The van der Waals surface area contributed by atoms with Crippen molar-refractivity contribution < 1.29 is 23.9 Å². The third-order valence-corrected chi connectivity index (χ3v) is 5.35. The number of carbonyl (C=O) groups excluding carboxylic acids is 1. The standard InChI is InChI=1S/C24H20ClN3O6/c1-32-18-7-14(8-19(12-18)33-2)13-34-23-6-3-16(11-20(23)25)26-24(29)22-10-15-9-17(28(30)31)4-5-21(15)27-22/h3-12,27H,13H2,1-2H3,(H,26,29). The number of hydrogen-bond donors (Lipinski definition) is 2. The summed E-state index contributed by atoms with van der Waals surface area (Å²) in [7, 11) is 3.14. The number of fused-ring (bicyclic) bond motifs is 1. The molecule has 174 valence electrons. The molecule has 0 spiro atoms. The second-order valence-electron chi connectivity index (χ2n) is 7.32. The van der Waals surface area contributed by atoms with E-state index < -0.39 is 10.8 Å². The molecule has 9 nitrogen and oxygen atoms in total. The fraction of sp³-hybridized carbons (Fsp3) is 0.125. The van der Waals surface area contributed by atoms with Gasteiger partial charge >= 0.3 is 0 Å². The van der Waals surface area contributed by atoms with Crippen molar-refractivity contribution in [2.24, 2.45) is 0 Å². The first-order valence-corrected chi connectivity index (χ1v) is 10.5. The smallest absolute Gasteiger partial charge is 0.272 e. The largest absolute Gasteiger partial charge is 0.497 e. The minimum atomic E-state index is -0.484. The predicted molar refractivity (Wildman–Crippen MR) is 128 cm³/mol. The number of methoxy groups -OCH3 is 2. The average Bonchev–Trinajstić information content (AvgIpc) is 3.27. The number of nitrogens with one attached hydrogen (secondary N) is 2. The molecule has 0 saturated heterocycles. The minimum absolute atomic E-state index is 0.0479. The summed E-state index contributed by atoms with van der Waals surface area (Å²) in [5, 5.41) is 14.6. The van der Waals surface area contributed by atoms with Crippen molar-refractivity contribution in [3.8, 4) is 17.2 Å². The Labute approximate surface area is 199 Å². The number of nitrogens with zero attached hydrogens (tertiary/aromatic N) is 1. The van der Waals surface area contributed by atoms with E-state index in [1.165, 1.54) is 12.1 Å². The van der Waals surface area contributed by atoms with E-state index in [1.54, 1.807) is 50.6 Å². The maximum atomic E-state index is 12.7. The lowest BCUT2D eigenvalue weighted by atomic mass is 10.2. The van der Waals surface area contributed by atoms with Crippen molar-refractivity contribution in [1.29, 1.82) is 0 Å². The molecule has 10 heteroatoms. The molecular formula is C24H20ClN3O6. The number of ether oxygens (including phenoxy) is 3. The molecule has 0 unspecified atom stereocenters. The second-order valence-corrected chi connectivity index (χ2v) is 7.73. The van der Waals surface area contributed by atoms with Gasteiger partial charge in [-0.15, -0.1) is 0 Å². The van der Waals surface area contributed by atoms with Crippen LogP contribution in [0.3, 0.4) is 0 Å². The van der Waals surface area contributed by atoms with Gasteiger partial charge in [-0.1, -0.05) is 11.6 Å². The Balaban J connectivity index is 1.44. The molecule has 0 bridgehead atoms. The molecule has 1 aromatic heterocycles. The first-order valence-electron chi connectivity index (χ1n) is 10.1. The first-order chi connectivity index (χ1) is 16.4. The number of non-ortho nitro benzene ring substituents is 1. The van der Waals surface area contributed by atoms with Crippen molar-refractivity contribution in [1.82, 2.24) is 4.98 Å². The maximum Gasteiger partial charge on any atom is 0.272 e. The molecule has 2 N–H and O–H groups in total. The summed E-state index contributed by atoms with van der Waals surface area (Å²) < 4.78 is 16.3. The highest BCUT2D eigenvalue weighted by Gasteiger charge is 2.14. The summed E-state index contributed by atoms with van der Waals surface area (Å²) in [6.07, 6.45) is 0. The number of aromatic nitrogens is 1. The van der Waals surface area contributed by atoms with Gasteiger partial charge in [0.25, 0.3) is 11.6 Å². The SMILES string of the molecule is COc1cc(COc2ccc(NC(=O)c3cc4cc([N+](=O)[O-])ccc4[nH]3)cc2Cl)cc(OC)c1. The lowest BCUT2D eigenvalue weighted by Gasteiger charge is -2.12. The molecule has 0 aliphatic carbocycles. The van der Waals surface area contributed by atoms with Gasteiger partial charge in [-0.05, 0) is 48.0 Å². The molecule has 0 fully saturated rings. The normalized spacial score (nSPS) is 10.7. The first kappa shape index (κ1) is 22.9. The third-order valence-electron chi connectivity index (χ3n) is 5.06. The van der Waals surface area contributed by atoms with Crippen LogP contribution in [0.5, 0.6) is 17.2 Å². The van der Waals surface area contributed by atoms with E-state index >= 15 is 0 Å². The number of anilines is 1. The van der Waals surface area contributed by atoms with Crippen molar-refractivity contribution in [3.05, 3.63) is 87.1 Å². The minimum Gasteiger partial charge on any atom is -0.497 e. The Kier molecular flexibility index (Phi) is 6.55. The van der Waals surface area contributed by atoms with E-state index in [1.807, 2.05) is 12.1 Å². The number of amides is 1. The van der Waals surface area contributed by atoms with E-state index in [0.29, 0.717) is 38.9 Å². The third kappa shape index (κ3) is 5.05. The molecule has 0 saturated carbocycles. The number of nitro groups is 1. The lowest BCUT2D eigenvalue weighted by Crippen LogP contribution is -2.12. The zero-order valence-electron chi connectivity index (χ0n) is 18.3. The zero-order chi connectivity index (χ0) is 24.2. The fourth-order valence-electron chi connectivity index (χ4n) is 3.36. The van der Waals surface area contributed by atoms with Crippen molar-refractivity contribution in [3.63, 3.8) is 0 Å². The number of carbonyl (C=O) groups is 1. The fourth-order valence-corrected chi connectivity index (χ4v) is 3.60. The van der Waals surface area contributed by atoms with Crippen LogP contribution in [0.2, 0.25) is 5.02 Å². The molecule has 1 amide bonds. The number of hydrogen-bond acceptors (Lipinski definition) is 6. The zero-order valence-corrected chi connectivity index (χ0v) is 19.0. The van der Waals surface area contributed by atoms with Crippen LogP contribution in [-0.4, -0.2) is 30.0 Å². The Morgan fingerprint density at radius 1 is 1.03 bits per heavy atom. The van der Waals surface area contributed by atoms with E-state index in [9.17, 15) is 14.9 Å². The molecule has 0 aliphatic heterocycles. The molecular weight excluding hydrogens is 462 g/mol. The molecule has 1 heterocycles. The van der Waals surface area contributed by atoms with Crippen molar-refractivity contribution >= 4 is 39.8 Å². The topological polar surface area (TPSA) is 116 Å². The Hall–Kier alpha value is -4.24. The highest BCUT2D eigenvalue weighted by molar-refractivity contribution is 6.32. The van der Waals surface area contributed by atoms with Crippen LogP contribution in [0, 0.1) is 10.1 Å². The lowest BCUT2D eigenvalue weighted by molar-refractivity contribution is -0.384. The molecule has 0 radical (unpaired) electrons. The Morgan fingerprint density at radius 2 is 1.76 bits per heavy atom. The predicted octanol–water partition coefficient (Wildman–Crippen LogP) is 5.58. The van der Waals surface area contributed by atoms with Gasteiger partial charge in [0.1, 0.15) is 29.5 Å². The van der Waals surface area contributed by atoms with Gasteiger partial charge in [-0.3, -0.25) is 14.9 Å². The second kappa shape index (κ2) is 9.72. The number of benzene rings is 3. The van der Waals surface area contributed by atoms with Crippen LogP contribution < -0.4 is 19.5 Å². The number of H-pyrrole nitrogens is 1. The molecule has 4 aromatic rings. The molecule has 3 aromatic carbocycles. The van der Waals surface area contributed by atoms with Crippen molar-refractivity contribution in [2.75, 3.05) is 19.5 Å². The molecule has 4 rings (SSSR count). The molecule has 34 heavy (non-hydrogen) atoms. The highest BCUT2D eigenvalue weighted by Crippen LogP contribution is 2.30. The van der Waals surface area contributed by atoms with Crippen LogP contribution in [0.25, 0.3) is 10.9 Å². The van der Waals surface area contributed by atoms with Gasteiger partial charge < -0.3 is 24.5 Å². The van der Waals surface area contributed by atoms with Crippen molar-refractivity contribution in [2.45, 2.75) is 6.61 Å². The van der Waals surface area contributed by atoms with Crippen LogP contribution in [0.15, 0.2) is 60.7 Å². The van der Waals surface area contributed by atoms with Gasteiger partial charge in [-0.25, -0.2) is 0 Å². The summed E-state index contributed by atoms with van der Waals surface area (Å²) in [6, 6.07) is 16.2. The van der Waals surface area contributed by atoms with Gasteiger partial charge in [0.15, 0.2) is 0 Å². The summed E-state index contributed by atoms with van der Waals surface area (Å²) >= 11 is 6.36. The summed E-state index contributed by atoms with van der Waals surface area (Å²) in [5.41, 5.74) is 2.14. The van der Waals surface area contributed by atoms with E-state index in [0.717, 1.165) is 5.56 Å². The van der Waals surface area contributed by atoms with Gasteiger partial charge in [0.05, 0.1) is 24.2 Å². The summed E-state index contributed by atoms with van der Waals surface area (Å²) in [5.74, 6) is 1.33. The monoisotopic (exact) mass is 481 g/mol. The van der Waals surface area contributed by atoms with E-state index in [2.05, 4.69) is 10.3 Å². The Morgan fingerprint density at radius 3 is 2.41 bits per heavy atom. The molecule has 0 atom stereocenters. The van der Waals surface area contributed by atoms with Crippen LogP contribution in [-0.2, 0) is 6.61 Å². The maximum absolute atomic E-state index is 12.7.